The summed E-state index contributed by atoms with van der Waals surface area (Å²) in [5.41, 5.74) is 38.5. The molecule has 24 heteroatoms. The van der Waals surface area contributed by atoms with Crippen LogP contribution >= 0.6 is 12.6 Å². The molecule has 5 atom stereocenters. The van der Waals surface area contributed by atoms with Crippen molar-refractivity contribution in [3.63, 3.8) is 0 Å². The Balaban J connectivity index is 5.99. The number of carbonyl (C=O) groups is 7. The minimum Gasteiger partial charge on any atom is -0.480 e. The molecule has 0 unspecified atom stereocenters. The monoisotopic (exact) mass is 803 g/mol. The van der Waals surface area contributed by atoms with Crippen LogP contribution in [-0.4, -0.2) is 134 Å². The van der Waals surface area contributed by atoms with Gasteiger partial charge in [0.2, 0.25) is 35.4 Å². The lowest BCUT2D eigenvalue weighted by Gasteiger charge is -2.24. The lowest BCUT2D eigenvalue weighted by molar-refractivity contribution is -0.138. The number of rotatable bonds is 30. The number of hydrogen-bond donors (Lipinski definition) is 15. The summed E-state index contributed by atoms with van der Waals surface area (Å²) in [5.74, 6) is -6.01. The third-order valence-corrected chi connectivity index (χ3v) is 8.10. The van der Waals surface area contributed by atoms with Crippen molar-refractivity contribution in [3.8, 4) is 0 Å². The summed E-state index contributed by atoms with van der Waals surface area (Å²) in [5, 5.41) is 23.9. The summed E-state index contributed by atoms with van der Waals surface area (Å²) in [4.78, 5) is 97.3. The number of carboxylic acids is 1. The number of unbranched alkanes of at least 4 members (excludes halogenated alkanes) is 2. The van der Waals surface area contributed by atoms with Gasteiger partial charge in [0.1, 0.15) is 30.7 Å². The first-order chi connectivity index (χ1) is 26.1. The molecule has 0 bridgehead atoms. The van der Waals surface area contributed by atoms with Crippen LogP contribution in [0.3, 0.4) is 0 Å². The average molecular weight is 804 g/mol. The zero-order valence-corrected chi connectivity index (χ0v) is 32.0. The summed E-state index contributed by atoms with van der Waals surface area (Å²) < 4.78 is 0. The highest BCUT2D eigenvalue weighted by atomic mass is 32.1. The van der Waals surface area contributed by atoms with Crippen molar-refractivity contribution in [2.24, 2.45) is 50.1 Å². The van der Waals surface area contributed by atoms with E-state index in [0.29, 0.717) is 38.8 Å². The summed E-state index contributed by atoms with van der Waals surface area (Å²) in [6.45, 7) is -0.411. The summed E-state index contributed by atoms with van der Waals surface area (Å²) in [6, 6.07) is -5.64. The molecule has 55 heavy (non-hydrogen) atoms. The van der Waals surface area contributed by atoms with Crippen LogP contribution in [0.2, 0.25) is 0 Å². The van der Waals surface area contributed by atoms with Gasteiger partial charge in [-0.3, -0.25) is 43.5 Å². The van der Waals surface area contributed by atoms with E-state index < -0.39 is 84.7 Å². The van der Waals surface area contributed by atoms with Gasteiger partial charge in [0, 0.05) is 18.8 Å². The Morgan fingerprint density at radius 2 is 0.927 bits per heavy atom. The van der Waals surface area contributed by atoms with Gasteiger partial charge < -0.3 is 77.1 Å². The maximum atomic E-state index is 13.4. The van der Waals surface area contributed by atoms with Crippen molar-refractivity contribution < 1.29 is 38.7 Å². The van der Waals surface area contributed by atoms with Gasteiger partial charge >= 0.3 is 5.97 Å². The maximum absolute atomic E-state index is 13.4. The molecule has 0 aromatic rings. The van der Waals surface area contributed by atoms with Gasteiger partial charge in [-0.25, -0.2) is 0 Å². The molecule has 0 aromatic carbocycles. The van der Waals surface area contributed by atoms with E-state index in [4.69, 9.17) is 45.2 Å². The van der Waals surface area contributed by atoms with Crippen LogP contribution < -0.4 is 72.0 Å². The molecule has 0 aliphatic heterocycles. The lowest BCUT2D eigenvalue weighted by Crippen LogP contribution is -2.57. The highest BCUT2D eigenvalue weighted by Gasteiger charge is 2.29. The first-order valence-electron chi connectivity index (χ1n) is 17.9. The zero-order chi connectivity index (χ0) is 41.8. The van der Waals surface area contributed by atoms with Crippen LogP contribution in [0.25, 0.3) is 0 Å². The molecule has 0 aliphatic rings. The van der Waals surface area contributed by atoms with E-state index in [2.05, 4.69) is 54.5 Å². The Hall–Kier alpha value is -4.94. The van der Waals surface area contributed by atoms with E-state index in [0.717, 1.165) is 0 Å². The predicted octanol–water partition coefficient (Wildman–Crippen LogP) is -6.14. The number of aliphatic carboxylic acids is 1. The Labute approximate surface area is 325 Å². The molecule has 314 valence electrons. The highest BCUT2D eigenvalue weighted by Crippen LogP contribution is 2.07. The molecule has 6 amide bonds. The van der Waals surface area contributed by atoms with E-state index in [-0.39, 0.29) is 69.3 Å². The standard InChI is InChI=1S/C31H61N15O8S/c32-11-3-1-7-19(27(52)42-16-24(48)49)45-28(53)21(10-6-14-40-31(37)38)43-23(47)15-41-26(51)20(9-5-13-39-30(35)36)46-29(54)22(8-2-4-12-33)44-25(50)18(34)17-55/h18-22,55H,1-17,32-34H2,(H,41,51)(H,42,52)(H,43,47)(H,44,50)(H,45,53)(H,46,54)(H,48,49)(H4,35,36,39)(H4,37,38,40)/t18-,19-,20-,21-,22-/m0/s1. The van der Waals surface area contributed by atoms with Gasteiger partial charge in [0.05, 0.1) is 12.6 Å². The highest BCUT2D eigenvalue weighted by molar-refractivity contribution is 7.80. The minimum absolute atomic E-state index is 0.00613. The van der Waals surface area contributed by atoms with Gasteiger partial charge in [0.25, 0.3) is 0 Å². The van der Waals surface area contributed by atoms with Gasteiger partial charge in [0.15, 0.2) is 11.9 Å². The van der Waals surface area contributed by atoms with Crippen LogP contribution in [0.4, 0.5) is 0 Å². The fraction of sp³-hybridized carbons (Fsp3) is 0.710. The van der Waals surface area contributed by atoms with Crippen molar-refractivity contribution >= 4 is 66.0 Å². The molecule has 0 rings (SSSR count). The second-order valence-electron chi connectivity index (χ2n) is 12.4. The van der Waals surface area contributed by atoms with Gasteiger partial charge in [-0.1, -0.05) is 0 Å². The third kappa shape index (κ3) is 24.2. The largest absolute Gasteiger partial charge is 0.480 e. The second-order valence-corrected chi connectivity index (χ2v) is 12.8. The van der Waals surface area contributed by atoms with Crippen LogP contribution in [0.1, 0.15) is 64.2 Å². The summed E-state index contributed by atoms with van der Waals surface area (Å²) in [7, 11) is 0. The van der Waals surface area contributed by atoms with E-state index in [1.54, 1.807) is 0 Å². The summed E-state index contributed by atoms with van der Waals surface area (Å²) in [6.07, 6.45) is 2.83. The van der Waals surface area contributed by atoms with Crippen molar-refractivity contribution in [3.05, 3.63) is 0 Å². The molecule has 0 aromatic heterocycles. The van der Waals surface area contributed by atoms with Gasteiger partial charge in [-0.05, 0) is 77.3 Å². The van der Waals surface area contributed by atoms with Crippen molar-refractivity contribution in [2.75, 3.05) is 45.0 Å². The quantitative estimate of drug-likeness (QED) is 0.0139. The van der Waals surface area contributed by atoms with Crippen LogP contribution in [0.5, 0.6) is 0 Å². The lowest BCUT2D eigenvalue weighted by atomic mass is 10.1. The first-order valence-corrected chi connectivity index (χ1v) is 18.5. The van der Waals surface area contributed by atoms with Crippen LogP contribution in [0, 0.1) is 0 Å². The van der Waals surface area contributed by atoms with E-state index in [9.17, 15) is 33.6 Å². The Morgan fingerprint density at radius 3 is 1.33 bits per heavy atom. The van der Waals surface area contributed by atoms with Crippen molar-refractivity contribution in [1.82, 2.24) is 31.9 Å². The van der Waals surface area contributed by atoms with E-state index in [1.807, 2.05) is 0 Å². The van der Waals surface area contributed by atoms with Gasteiger partial charge in [-0.2, -0.15) is 12.6 Å². The number of nitrogens with zero attached hydrogens (tertiary/aromatic N) is 2. The predicted molar refractivity (Wildman–Crippen MR) is 209 cm³/mol. The molecular weight excluding hydrogens is 743 g/mol. The number of carbonyl (C=O) groups excluding carboxylic acids is 6. The molecule has 0 saturated heterocycles. The average Bonchev–Trinajstić information content (AvgIpc) is 3.13. The molecular formula is C31H61N15O8S. The summed E-state index contributed by atoms with van der Waals surface area (Å²) >= 11 is 4.02. The Morgan fingerprint density at radius 1 is 0.545 bits per heavy atom. The molecule has 0 heterocycles. The smallest absolute Gasteiger partial charge is 0.322 e. The Kier molecular flexibility index (Phi) is 26.8. The number of hydrogen-bond acceptors (Lipinski definition) is 13. The van der Waals surface area contributed by atoms with E-state index >= 15 is 0 Å². The van der Waals surface area contributed by atoms with Crippen molar-refractivity contribution in [2.45, 2.75) is 94.4 Å². The third-order valence-electron chi connectivity index (χ3n) is 7.71. The molecule has 0 saturated carbocycles. The zero-order valence-electron chi connectivity index (χ0n) is 31.1. The Bertz CT molecular complexity index is 1300. The SMILES string of the molecule is NCCCC[C@H](NC(=O)[C@H](CCCN=C(N)N)NC(=O)CNC(=O)[C@H](CCCN=C(N)N)NC(=O)[C@H](CCCCN)NC(=O)[C@@H](N)CS)C(=O)NCC(=O)O. The van der Waals surface area contributed by atoms with Crippen molar-refractivity contribution in [1.29, 1.82) is 0 Å². The molecule has 0 aliphatic carbocycles. The number of thiol groups is 1. The van der Waals surface area contributed by atoms with Crippen LogP contribution in [-0.2, 0) is 33.6 Å². The second kappa shape index (κ2) is 29.4. The maximum Gasteiger partial charge on any atom is 0.322 e. The molecule has 23 nitrogen and oxygen atoms in total. The number of nitrogens with one attached hydrogen (secondary N) is 6. The first kappa shape index (κ1) is 50.1. The minimum atomic E-state index is -1.29. The van der Waals surface area contributed by atoms with Gasteiger partial charge in [-0.15, -0.1) is 0 Å². The molecule has 0 radical (unpaired) electrons. The fourth-order valence-corrected chi connectivity index (χ4v) is 4.96. The number of carboxylic acid groups (broad SMARTS) is 1. The number of nitrogens with two attached hydrogens (primary N) is 7. The number of aliphatic imine (C=N–C) groups is 2. The number of amides is 6. The topological polar surface area (TPSA) is 419 Å². The number of guanidine groups is 2. The molecule has 0 fully saturated rings. The molecule has 0 spiro atoms. The molecule has 21 N–H and O–H groups in total. The van der Waals surface area contributed by atoms with E-state index in [1.165, 1.54) is 0 Å². The normalized spacial score (nSPS) is 13.4. The fourth-order valence-electron chi connectivity index (χ4n) is 4.80. The van der Waals surface area contributed by atoms with Crippen LogP contribution in [0.15, 0.2) is 9.98 Å².